The normalized spacial score (nSPS) is 64.7. The van der Waals surface area contributed by atoms with Gasteiger partial charge in [0, 0.05) is 0 Å². The van der Waals surface area contributed by atoms with Crippen LogP contribution in [0.4, 0.5) is 0 Å². The highest BCUT2D eigenvalue weighted by Crippen LogP contribution is 2.98. The molecule has 0 heterocycles. The lowest BCUT2D eigenvalue weighted by atomic mass is 9.04. The molecule has 0 aromatic heterocycles. The molecule has 6 rings (SSSR count). The van der Waals surface area contributed by atoms with Crippen LogP contribution in [0.5, 0.6) is 0 Å². The van der Waals surface area contributed by atoms with E-state index in [9.17, 15) is 9.59 Å². The van der Waals surface area contributed by atoms with Gasteiger partial charge in [-0.15, -0.1) is 0 Å². The van der Waals surface area contributed by atoms with E-state index >= 15 is 0 Å². The fourth-order valence-corrected chi connectivity index (χ4v) is 7.59. The molecule has 6 fully saturated rings. The van der Waals surface area contributed by atoms with Crippen molar-refractivity contribution in [2.75, 3.05) is 14.2 Å². The van der Waals surface area contributed by atoms with Gasteiger partial charge in [0.25, 0.3) is 0 Å². The Bertz CT molecular complexity index is 506. The van der Waals surface area contributed by atoms with Gasteiger partial charge in [0.15, 0.2) is 0 Å². The first-order chi connectivity index (χ1) is 9.08. The van der Waals surface area contributed by atoms with Gasteiger partial charge in [-0.3, -0.25) is 9.59 Å². The number of methoxy groups -OCH3 is 2. The fraction of sp³-hybridized carbons (Fsp3) is 0.867. The maximum atomic E-state index is 12.2. The second-order valence-electron chi connectivity index (χ2n) is 7.35. The molecule has 6 aliphatic carbocycles. The summed E-state index contributed by atoms with van der Waals surface area (Å²) in [4.78, 5) is 24.3. The molecular formula is C15H18O4. The molecule has 0 spiro atoms. The molecule has 4 heteroatoms. The zero-order valence-corrected chi connectivity index (χ0v) is 11.3. The summed E-state index contributed by atoms with van der Waals surface area (Å²) < 4.78 is 9.95. The van der Waals surface area contributed by atoms with Crippen molar-refractivity contribution in [1.82, 2.24) is 0 Å². The summed E-state index contributed by atoms with van der Waals surface area (Å²) in [5.74, 6) is 3.57. The molecule has 0 saturated heterocycles. The van der Waals surface area contributed by atoms with E-state index in [0.717, 1.165) is 5.92 Å². The van der Waals surface area contributed by atoms with Crippen LogP contribution in [0.15, 0.2) is 0 Å². The molecule has 19 heavy (non-hydrogen) atoms. The molecule has 6 saturated carbocycles. The molecule has 4 unspecified atom stereocenters. The van der Waals surface area contributed by atoms with Crippen molar-refractivity contribution in [3.63, 3.8) is 0 Å². The van der Waals surface area contributed by atoms with Gasteiger partial charge in [-0.05, 0) is 46.8 Å². The minimum atomic E-state index is -0.237. The Balaban J connectivity index is 1.57. The zero-order chi connectivity index (χ0) is 13.3. The molecule has 0 aromatic rings. The van der Waals surface area contributed by atoms with Gasteiger partial charge in [-0.1, -0.05) is 6.92 Å². The second-order valence-corrected chi connectivity index (χ2v) is 7.35. The topological polar surface area (TPSA) is 52.6 Å². The number of hydrogen-bond acceptors (Lipinski definition) is 4. The number of esters is 2. The van der Waals surface area contributed by atoms with Crippen LogP contribution in [0, 0.1) is 58.7 Å². The maximum Gasteiger partial charge on any atom is 0.309 e. The van der Waals surface area contributed by atoms with Crippen molar-refractivity contribution in [3.05, 3.63) is 0 Å². The van der Waals surface area contributed by atoms with Crippen molar-refractivity contribution in [2.45, 2.75) is 6.92 Å². The van der Waals surface area contributed by atoms with Gasteiger partial charge in [0.05, 0.1) is 26.1 Å². The third-order valence-corrected chi connectivity index (χ3v) is 7.69. The molecule has 0 aliphatic heterocycles. The monoisotopic (exact) mass is 262 g/mol. The minimum absolute atomic E-state index is 0.193. The van der Waals surface area contributed by atoms with E-state index in [1.807, 2.05) is 0 Å². The van der Waals surface area contributed by atoms with Crippen LogP contribution in [0.3, 0.4) is 0 Å². The summed E-state index contributed by atoms with van der Waals surface area (Å²) in [5, 5.41) is 0. The van der Waals surface area contributed by atoms with E-state index in [1.54, 1.807) is 0 Å². The third kappa shape index (κ3) is 0.711. The number of carbonyl (C=O) groups excluding carboxylic acids is 2. The maximum absolute atomic E-state index is 12.2. The van der Waals surface area contributed by atoms with Crippen LogP contribution in [0.1, 0.15) is 6.92 Å². The van der Waals surface area contributed by atoms with Crippen LogP contribution in [0.25, 0.3) is 0 Å². The molecule has 6 aliphatic rings. The van der Waals surface area contributed by atoms with Crippen molar-refractivity contribution in [1.29, 1.82) is 0 Å². The van der Waals surface area contributed by atoms with E-state index in [2.05, 4.69) is 6.92 Å². The lowest BCUT2D eigenvalue weighted by molar-refractivity contribution is -0.526. The average molecular weight is 262 g/mol. The van der Waals surface area contributed by atoms with Crippen LogP contribution in [0.2, 0.25) is 0 Å². The lowest BCUT2D eigenvalue weighted by Gasteiger charge is -2.99. The molecule has 2 bridgehead atoms. The predicted molar refractivity (Wildman–Crippen MR) is 63.5 cm³/mol. The molecular weight excluding hydrogens is 244 g/mol. The predicted octanol–water partition coefficient (Wildman–Crippen LogP) is 0.952. The molecule has 0 radical (unpaired) electrons. The minimum Gasteiger partial charge on any atom is -0.469 e. The lowest BCUT2D eigenvalue weighted by Crippen LogP contribution is -2.97. The number of rotatable bonds is 2. The van der Waals surface area contributed by atoms with E-state index in [1.165, 1.54) is 14.2 Å². The Labute approximate surface area is 111 Å². The molecule has 10 atom stereocenters. The smallest absolute Gasteiger partial charge is 0.309 e. The highest BCUT2D eigenvalue weighted by molar-refractivity contribution is 5.84. The second kappa shape index (κ2) is 2.70. The molecule has 0 aromatic carbocycles. The van der Waals surface area contributed by atoms with Gasteiger partial charge < -0.3 is 9.47 Å². The summed E-state index contributed by atoms with van der Waals surface area (Å²) in [5.41, 5.74) is 0.518. The average Bonchev–Trinajstić information content (AvgIpc) is 2.42. The molecule has 4 nitrogen and oxygen atoms in total. The van der Waals surface area contributed by atoms with E-state index < -0.39 is 0 Å². The van der Waals surface area contributed by atoms with E-state index in [4.69, 9.17) is 9.47 Å². The SMILES string of the molecule is COC(=O)[C@@H]1C2[C@@H]3[C@@H]4C([C@@H]5C4C3(C)[C@@H]25)[C@@H]1C(=O)OC. The summed E-state index contributed by atoms with van der Waals surface area (Å²) in [6, 6.07) is 0. The first kappa shape index (κ1) is 10.7. The summed E-state index contributed by atoms with van der Waals surface area (Å²) in [6.07, 6.45) is 0. The Kier molecular flexibility index (Phi) is 1.52. The van der Waals surface area contributed by atoms with Crippen molar-refractivity contribution in [2.24, 2.45) is 58.7 Å². The Morgan fingerprint density at radius 3 is 1.68 bits per heavy atom. The molecule has 0 N–H and O–H groups in total. The number of fused-ring (bicyclic) bond motifs is 1. The number of hydrogen-bond donors (Lipinski definition) is 0. The first-order valence-corrected chi connectivity index (χ1v) is 7.24. The molecule has 102 valence electrons. The van der Waals surface area contributed by atoms with Crippen LogP contribution >= 0.6 is 0 Å². The summed E-state index contributed by atoms with van der Waals surface area (Å²) in [6.45, 7) is 2.39. The quantitative estimate of drug-likeness (QED) is 0.695. The highest BCUT2D eigenvalue weighted by atomic mass is 16.5. The summed E-state index contributed by atoms with van der Waals surface area (Å²) in [7, 11) is 2.86. The van der Waals surface area contributed by atoms with Gasteiger partial charge in [0.2, 0.25) is 0 Å². The Morgan fingerprint density at radius 2 is 1.21 bits per heavy atom. The van der Waals surface area contributed by atoms with Crippen molar-refractivity contribution < 1.29 is 19.1 Å². The van der Waals surface area contributed by atoms with E-state index in [-0.39, 0.29) is 23.8 Å². The first-order valence-electron chi connectivity index (χ1n) is 7.24. The Morgan fingerprint density at radius 1 is 0.789 bits per heavy atom. The molecule has 0 amide bonds. The van der Waals surface area contributed by atoms with Crippen molar-refractivity contribution >= 4 is 11.9 Å². The van der Waals surface area contributed by atoms with Gasteiger partial charge in [0.1, 0.15) is 0 Å². The highest BCUT2D eigenvalue weighted by Gasteiger charge is 2.97. The number of ether oxygens (including phenoxy) is 2. The third-order valence-electron chi connectivity index (χ3n) is 7.69. The van der Waals surface area contributed by atoms with Gasteiger partial charge >= 0.3 is 11.9 Å². The standard InChI is InChI=1S/C15H18O4/c1-15-10-7-4-5(13(16)18-2)6(14(17)19-3)9(11(7)15)12(15)8(4)10/h4-12H,1-3H3/t4?,5-,6-,7+,8+,9?,10?,11-,12+,15?/m0/s1. The van der Waals surface area contributed by atoms with Gasteiger partial charge in [-0.2, -0.15) is 0 Å². The van der Waals surface area contributed by atoms with Crippen LogP contribution in [-0.2, 0) is 19.1 Å². The van der Waals surface area contributed by atoms with Gasteiger partial charge in [-0.25, -0.2) is 0 Å². The zero-order valence-electron chi connectivity index (χ0n) is 11.3. The van der Waals surface area contributed by atoms with Crippen molar-refractivity contribution in [3.8, 4) is 0 Å². The summed E-state index contributed by atoms with van der Waals surface area (Å²) >= 11 is 0. The van der Waals surface area contributed by atoms with Crippen LogP contribution in [-0.4, -0.2) is 26.2 Å². The Hall–Kier alpha value is -1.06. The van der Waals surface area contributed by atoms with Crippen LogP contribution < -0.4 is 0 Å². The van der Waals surface area contributed by atoms with E-state index in [0.29, 0.717) is 40.9 Å². The fourth-order valence-electron chi connectivity index (χ4n) is 7.59. The number of carbonyl (C=O) groups is 2. The largest absolute Gasteiger partial charge is 0.469 e.